The number of ether oxygens (including phenoxy) is 3. The summed E-state index contributed by atoms with van der Waals surface area (Å²) in [5.74, 6) is -0.158. The van der Waals surface area contributed by atoms with E-state index in [0.29, 0.717) is 52.3 Å². The number of aryl methyl sites for hydroxylation is 1. The minimum Gasteiger partial charge on any atom is -0.507 e. The average molecular weight is 536 g/mol. The van der Waals surface area contributed by atoms with Crippen molar-refractivity contribution >= 4 is 34.7 Å². The lowest BCUT2D eigenvalue weighted by molar-refractivity contribution is -0.132. The molecule has 0 aromatic heterocycles. The Morgan fingerprint density at radius 2 is 1.66 bits per heavy atom. The van der Waals surface area contributed by atoms with E-state index in [2.05, 4.69) is 0 Å². The molecule has 1 amide bonds. The maximum atomic E-state index is 13.5. The van der Waals surface area contributed by atoms with Crippen LogP contribution in [0, 0.1) is 6.92 Å². The Balaban J connectivity index is 1.91. The molecule has 3 aromatic carbocycles. The third-order valence-corrected chi connectivity index (χ3v) is 6.51. The molecule has 1 unspecified atom stereocenters. The zero-order valence-electron chi connectivity index (χ0n) is 21.8. The molecule has 1 heterocycles. The van der Waals surface area contributed by atoms with Crippen LogP contribution < -0.4 is 19.1 Å². The number of carbonyl (C=O) groups excluding carboxylic acids is 2. The monoisotopic (exact) mass is 535 g/mol. The second-order valence-corrected chi connectivity index (χ2v) is 9.25. The summed E-state index contributed by atoms with van der Waals surface area (Å²) in [5, 5.41) is 12.0. The Bertz CT molecular complexity index is 1380. The van der Waals surface area contributed by atoms with Gasteiger partial charge in [-0.1, -0.05) is 24.6 Å². The molecule has 1 fully saturated rings. The minimum atomic E-state index is -0.919. The van der Waals surface area contributed by atoms with Crippen LogP contribution in [0.15, 0.2) is 66.2 Å². The Kier molecular flexibility index (Phi) is 8.27. The van der Waals surface area contributed by atoms with Gasteiger partial charge in [0.1, 0.15) is 11.5 Å². The van der Waals surface area contributed by atoms with Crippen LogP contribution in [0.2, 0.25) is 5.02 Å². The standard InChI is InChI=1S/C30H30ClNO6/c1-5-15-38-23-13-8-20(16-18(23)3)28(33)26-27(19-7-14-24(36-4)25(17-19)37-6-2)32(30(35)29(26)34)22-11-9-21(31)10-12-22/h7-14,16-17,27,33H,5-6,15H2,1-4H3/b28-26-. The summed E-state index contributed by atoms with van der Waals surface area (Å²) in [4.78, 5) is 28.2. The highest BCUT2D eigenvalue weighted by Gasteiger charge is 2.47. The van der Waals surface area contributed by atoms with Gasteiger partial charge in [-0.05, 0) is 86.0 Å². The second-order valence-electron chi connectivity index (χ2n) is 8.82. The first-order valence-corrected chi connectivity index (χ1v) is 12.8. The minimum absolute atomic E-state index is 0.0285. The molecule has 0 aliphatic carbocycles. The molecule has 1 N–H and O–H groups in total. The summed E-state index contributed by atoms with van der Waals surface area (Å²) < 4.78 is 16.9. The maximum Gasteiger partial charge on any atom is 0.300 e. The van der Waals surface area contributed by atoms with E-state index in [1.165, 1.54) is 12.0 Å². The van der Waals surface area contributed by atoms with Gasteiger partial charge in [0, 0.05) is 16.3 Å². The molecule has 7 nitrogen and oxygen atoms in total. The molecule has 1 atom stereocenters. The fourth-order valence-electron chi connectivity index (χ4n) is 4.47. The highest BCUT2D eigenvalue weighted by atomic mass is 35.5. The number of Topliss-reactive ketones (excluding diaryl/α,β-unsaturated/α-hetero) is 1. The van der Waals surface area contributed by atoms with Crippen LogP contribution in [0.25, 0.3) is 5.76 Å². The first kappa shape index (κ1) is 27.1. The highest BCUT2D eigenvalue weighted by molar-refractivity contribution is 6.51. The number of aliphatic hydroxyl groups is 1. The molecule has 0 saturated carbocycles. The van der Waals surface area contributed by atoms with Crippen molar-refractivity contribution in [1.82, 2.24) is 0 Å². The fourth-order valence-corrected chi connectivity index (χ4v) is 4.60. The number of carbonyl (C=O) groups is 2. The largest absolute Gasteiger partial charge is 0.507 e. The number of hydrogen-bond acceptors (Lipinski definition) is 6. The van der Waals surface area contributed by atoms with E-state index in [-0.39, 0.29) is 11.3 Å². The molecule has 198 valence electrons. The van der Waals surface area contributed by atoms with Crippen molar-refractivity contribution in [1.29, 1.82) is 0 Å². The topological polar surface area (TPSA) is 85.3 Å². The van der Waals surface area contributed by atoms with Crippen molar-refractivity contribution in [3.05, 3.63) is 87.9 Å². The molecular weight excluding hydrogens is 506 g/mol. The third-order valence-electron chi connectivity index (χ3n) is 6.26. The van der Waals surface area contributed by atoms with Crippen molar-refractivity contribution in [3.8, 4) is 17.2 Å². The smallest absolute Gasteiger partial charge is 0.300 e. The Morgan fingerprint density at radius 1 is 0.947 bits per heavy atom. The summed E-state index contributed by atoms with van der Waals surface area (Å²) in [7, 11) is 1.54. The number of halogens is 1. The van der Waals surface area contributed by atoms with Gasteiger partial charge in [0.25, 0.3) is 11.7 Å². The lowest BCUT2D eigenvalue weighted by atomic mass is 9.94. The molecule has 0 radical (unpaired) electrons. The third kappa shape index (κ3) is 5.20. The fraction of sp³-hybridized carbons (Fsp3) is 0.267. The average Bonchev–Trinajstić information content (AvgIpc) is 3.18. The number of ketones is 1. The van der Waals surface area contributed by atoms with Gasteiger partial charge < -0.3 is 19.3 Å². The zero-order chi connectivity index (χ0) is 27.4. The van der Waals surface area contributed by atoms with E-state index in [9.17, 15) is 14.7 Å². The molecule has 3 aromatic rings. The molecule has 4 rings (SSSR count). The van der Waals surface area contributed by atoms with Gasteiger partial charge in [0.2, 0.25) is 0 Å². The molecule has 0 spiro atoms. The lowest BCUT2D eigenvalue weighted by Crippen LogP contribution is -2.29. The molecule has 0 bridgehead atoms. The van der Waals surface area contributed by atoms with Crippen LogP contribution in [0.1, 0.15) is 43.0 Å². The number of methoxy groups -OCH3 is 1. The van der Waals surface area contributed by atoms with Gasteiger partial charge in [-0.25, -0.2) is 0 Å². The normalized spacial score (nSPS) is 16.6. The quantitative estimate of drug-likeness (QED) is 0.192. The molecule has 1 aliphatic rings. The first-order chi connectivity index (χ1) is 18.3. The van der Waals surface area contributed by atoms with Gasteiger partial charge in [-0.2, -0.15) is 0 Å². The molecular formula is C30H30ClNO6. The Labute approximate surface area is 227 Å². The Morgan fingerprint density at radius 3 is 2.29 bits per heavy atom. The van der Waals surface area contributed by atoms with Crippen molar-refractivity contribution in [2.24, 2.45) is 0 Å². The summed E-state index contributed by atoms with van der Waals surface area (Å²) in [6.45, 7) is 6.69. The SMILES string of the molecule is CCCOc1ccc(/C(O)=C2/C(=O)C(=O)N(c3ccc(Cl)cc3)C2c2ccc(OC)c(OCC)c2)cc1C. The van der Waals surface area contributed by atoms with Gasteiger partial charge >= 0.3 is 0 Å². The van der Waals surface area contributed by atoms with E-state index in [1.807, 2.05) is 20.8 Å². The van der Waals surface area contributed by atoms with E-state index in [1.54, 1.807) is 60.7 Å². The highest BCUT2D eigenvalue weighted by Crippen LogP contribution is 2.44. The first-order valence-electron chi connectivity index (χ1n) is 12.4. The van der Waals surface area contributed by atoms with Crippen molar-refractivity contribution in [3.63, 3.8) is 0 Å². The van der Waals surface area contributed by atoms with Crippen molar-refractivity contribution in [2.45, 2.75) is 33.2 Å². The predicted molar refractivity (Wildman–Crippen MR) is 147 cm³/mol. The summed E-state index contributed by atoms with van der Waals surface area (Å²) in [5.41, 5.74) is 2.22. The van der Waals surface area contributed by atoms with Crippen LogP contribution in [-0.4, -0.2) is 37.1 Å². The van der Waals surface area contributed by atoms with E-state index >= 15 is 0 Å². The second kappa shape index (κ2) is 11.6. The molecule has 8 heteroatoms. The van der Waals surface area contributed by atoms with Crippen molar-refractivity contribution < 1.29 is 28.9 Å². The predicted octanol–water partition coefficient (Wildman–Crippen LogP) is 6.47. The number of anilines is 1. The maximum absolute atomic E-state index is 13.5. The van der Waals surface area contributed by atoms with Crippen LogP contribution in [0.3, 0.4) is 0 Å². The number of nitrogens with zero attached hydrogens (tertiary/aromatic N) is 1. The zero-order valence-corrected chi connectivity index (χ0v) is 22.5. The van der Waals surface area contributed by atoms with Gasteiger partial charge in [-0.15, -0.1) is 0 Å². The van der Waals surface area contributed by atoms with Crippen LogP contribution in [-0.2, 0) is 9.59 Å². The van der Waals surface area contributed by atoms with Crippen LogP contribution >= 0.6 is 11.6 Å². The summed E-state index contributed by atoms with van der Waals surface area (Å²) in [6.07, 6.45) is 0.862. The van der Waals surface area contributed by atoms with Crippen LogP contribution in [0.4, 0.5) is 5.69 Å². The number of amides is 1. The molecule has 1 saturated heterocycles. The van der Waals surface area contributed by atoms with Crippen molar-refractivity contribution in [2.75, 3.05) is 25.2 Å². The van der Waals surface area contributed by atoms with E-state index in [0.717, 1.165) is 12.0 Å². The van der Waals surface area contributed by atoms with Gasteiger partial charge in [0.05, 0.1) is 31.9 Å². The van der Waals surface area contributed by atoms with Gasteiger partial charge in [0.15, 0.2) is 11.5 Å². The summed E-state index contributed by atoms with van der Waals surface area (Å²) >= 11 is 6.08. The lowest BCUT2D eigenvalue weighted by Gasteiger charge is -2.26. The number of rotatable bonds is 9. The number of aliphatic hydroxyl groups excluding tert-OH is 1. The van der Waals surface area contributed by atoms with E-state index < -0.39 is 17.7 Å². The molecule has 38 heavy (non-hydrogen) atoms. The van der Waals surface area contributed by atoms with Gasteiger partial charge in [-0.3, -0.25) is 14.5 Å². The Hall–Kier alpha value is -3.97. The summed E-state index contributed by atoms with van der Waals surface area (Å²) in [6, 6.07) is 16.1. The van der Waals surface area contributed by atoms with E-state index in [4.69, 9.17) is 25.8 Å². The molecule has 1 aliphatic heterocycles. The van der Waals surface area contributed by atoms with Crippen LogP contribution in [0.5, 0.6) is 17.2 Å². The number of benzene rings is 3. The number of hydrogen-bond donors (Lipinski definition) is 1.